The summed E-state index contributed by atoms with van der Waals surface area (Å²) in [6, 6.07) is 11.1. The van der Waals surface area contributed by atoms with Crippen LogP contribution in [0.5, 0.6) is 0 Å². The van der Waals surface area contributed by atoms with Gasteiger partial charge in [0.1, 0.15) is 0 Å². The molecular weight excluding hydrogens is 969 g/mol. The maximum Gasteiger partial charge on any atom is 0.0645 e. The van der Waals surface area contributed by atoms with Crippen LogP contribution < -0.4 is 0 Å². The molecule has 1 saturated carbocycles. The van der Waals surface area contributed by atoms with Crippen LogP contribution in [0.3, 0.4) is 0 Å². The van der Waals surface area contributed by atoms with Gasteiger partial charge in [-0.1, -0.05) is 65.8 Å². The minimum atomic E-state index is -0.0581. The van der Waals surface area contributed by atoms with E-state index in [0.29, 0.717) is 118 Å². The van der Waals surface area contributed by atoms with Gasteiger partial charge in [0.2, 0.25) is 0 Å². The van der Waals surface area contributed by atoms with E-state index in [1.807, 2.05) is 203 Å². The van der Waals surface area contributed by atoms with Crippen LogP contribution in [0.15, 0.2) is 29.2 Å². The van der Waals surface area contributed by atoms with Gasteiger partial charge in [-0.3, -0.25) is 0 Å². The number of hydrogen-bond donors (Lipinski definition) is 0. The zero-order valence-electron chi connectivity index (χ0n) is 44.3. The van der Waals surface area contributed by atoms with Gasteiger partial charge in [-0.15, -0.1) is 11.8 Å². The zero-order valence-corrected chi connectivity index (χ0v) is 45.1. The molecule has 1 aliphatic heterocycles. The molecule has 1 fully saturated rings. The quantitative estimate of drug-likeness (QED) is 0.136. The topological polar surface area (TPSA) is 0 Å². The van der Waals surface area contributed by atoms with Crippen molar-refractivity contribution >= 4 is 109 Å². The number of thioether (sulfide) groups is 1. The fourth-order valence-corrected chi connectivity index (χ4v) is 35.9. The van der Waals surface area contributed by atoms with E-state index < -0.39 is 0 Å². The first-order chi connectivity index (χ1) is 38.6. The van der Waals surface area contributed by atoms with E-state index in [4.69, 9.17) is 0 Å². The number of hydrogen-bond acceptors (Lipinski definition) is 1. The summed E-state index contributed by atoms with van der Waals surface area (Å²) in [5, 5.41) is 33.9. The first-order valence-electron chi connectivity index (χ1n) is 32.2. The minimum Gasteiger partial charge on any atom is -0.112 e. The highest BCUT2D eigenvalue weighted by atomic mass is 32.2. The van der Waals surface area contributed by atoms with Crippen molar-refractivity contribution in [2.45, 2.75) is 174 Å². The van der Waals surface area contributed by atoms with Gasteiger partial charge >= 0.3 is 0 Å². The van der Waals surface area contributed by atoms with E-state index in [1.54, 1.807) is 21.2 Å². The second-order valence-electron chi connectivity index (χ2n) is 34.7. The molecule has 0 radical (unpaired) electrons. The lowest BCUT2D eigenvalue weighted by molar-refractivity contribution is 0.0341. The monoisotopic (exact) mass is 1010 g/mol. The van der Waals surface area contributed by atoms with E-state index in [-0.39, 0.29) is 21.0 Å². The fourth-order valence-electron chi connectivity index (χ4n) is 33.8. The van der Waals surface area contributed by atoms with Crippen LogP contribution >= 0.6 is 11.8 Å². The summed E-state index contributed by atoms with van der Waals surface area (Å²) in [6.07, 6.45) is 0. The maximum atomic E-state index is 3.06. The summed E-state index contributed by atoms with van der Waals surface area (Å²) in [6.45, 7) is 15.2. The van der Waals surface area contributed by atoms with Gasteiger partial charge in [0.25, 0.3) is 0 Å². The van der Waals surface area contributed by atoms with Crippen LogP contribution in [0.2, 0.25) is 0 Å². The van der Waals surface area contributed by atoms with Crippen LogP contribution in [-0.2, 0) is 21.0 Å². The second kappa shape index (κ2) is 7.88. The molecule has 79 heavy (non-hydrogen) atoms. The Morgan fingerprint density at radius 2 is 0.658 bits per heavy atom. The molecule has 12 aromatic rings. The molecule has 360 valence electrons. The zero-order chi connectivity index (χ0) is 48.5. The third-order valence-corrected chi connectivity index (χ3v) is 34.7. The standard InChI is InChI=1S/C78H42S/c1-75(2,3)11-7-8-12-13(9-11)14(76(4,5)6)10-15-74(12)79-78-72-66-60-50-38-30-22-18-16-17-20-24(22)32(38)42-36-28(20)29-21(17)25-23-19(16)27-26(18)34-40(30)48-54-44(34)45-35(27)41-31(23)39-33(25)43-37(29)47-46(36)58(52(42)60)68(72)69-59(47)53(43)61-51(39)57-49(41)55(45)63-62(54)70(64(66)56(48)50)77(15,78)71(63)65(57)67(61)73(69)78/h7-10,18,20,22,24,26,28,34,36,44-47,55,59,63,65,67,69,71,73H,1-6H3. The fraction of sp³-hybridized carbons (Fsp3) is 0.385. The molecule has 12 aromatic carbocycles. The van der Waals surface area contributed by atoms with E-state index in [0.717, 1.165) is 0 Å². The normalized spacial score (nSPS) is 44.4. The molecular formula is C78H42S. The molecule has 22 atom stereocenters. The molecule has 22 unspecified atom stereocenters. The molecule has 0 bridgehead atoms. The van der Waals surface area contributed by atoms with Crippen LogP contribution in [0.4, 0.5) is 0 Å². The van der Waals surface area contributed by atoms with Crippen LogP contribution in [0.1, 0.15) is 276 Å². The van der Waals surface area contributed by atoms with Crippen LogP contribution in [-0.4, -0.2) is 0 Å². The SMILES string of the molecule is CC(C)(C)c1ccc2c3c(cc(C(C)(C)C)c2c1)C12c4c5c6c7c8c9c%10c%11c%12c%13c%14c%15c(c%16c%13c%10c7c4-%16)C1(S3)C1C%15C3c4c7c%10c%13c%15c%16c%17c%18c%19c%20c%21c%22c%23c(c4c4c%22c%19c%16c%104)C3C%14C%12C%23C%21C%11C9C%20C%18C8C6C%17C%15C5C2C%13C71. The van der Waals surface area contributed by atoms with Gasteiger partial charge in [0, 0.05) is 10.3 Å². The smallest absolute Gasteiger partial charge is 0.0645 e. The summed E-state index contributed by atoms with van der Waals surface area (Å²) >= 11 is 2.62. The Labute approximate surface area is 455 Å². The van der Waals surface area contributed by atoms with E-state index >= 15 is 0 Å². The summed E-state index contributed by atoms with van der Waals surface area (Å²) < 4.78 is -0.0188. The molecule has 22 aliphatic carbocycles. The predicted octanol–water partition coefficient (Wildman–Crippen LogP) is 18.3. The number of fused-ring (bicyclic) bond motifs is 3. The third-order valence-electron chi connectivity index (χ3n) is 33.0. The third kappa shape index (κ3) is 2.02. The Morgan fingerprint density at radius 3 is 1.10 bits per heavy atom. The molecule has 23 aliphatic rings. The molecule has 0 aromatic heterocycles. The Bertz CT molecular complexity index is 6080. The lowest BCUT2D eigenvalue weighted by Crippen LogP contribution is -2.62. The van der Waals surface area contributed by atoms with Crippen molar-refractivity contribution in [1.82, 2.24) is 0 Å². The molecule has 0 amide bonds. The van der Waals surface area contributed by atoms with Crippen molar-refractivity contribution in [2.24, 2.45) is 11.8 Å². The molecule has 2 spiro atoms. The summed E-state index contributed by atoms with van der Waals surface area (Å²) in [5.41, 5.74) is 49.5. The Morgan fingerprint density at radius 1 is 0.316 bits per heavy atom. The van der Waals surface area contributed by atoms with E-state index in [2.05, 4.69) is 88.7 Å². The summed E-state index contributed by atoms with van der Waals surface area (Å²) in [4.78, 5) is 1.75. The van der Waals surface area contributed by atoms with Crippen molar-refractivity contribution in [3.05, 3.63) is 152 Å². The Balaban J connectivity index is 0.940. The van der Waals surface area contributed by atoms with Crippen molar-refractivity contribution < 1.29 is 0 Å². The molecule has 1 heterocycles. The molecule has 35 rings (SSSR count). The number of benzene rings is 11. The average molecular weight is 1010 g/mol. The lowest BCUT2D eigenvalue weighted by Gasteiger charge is -2.65. The van der Waals surface area contributed by atoms with Gasteiger partial charge < -0.3 is 0 Å². The highest BCUT2D eigenvalue weighted by Gasteiger charge is 2.90. The van der Waals surface area contributed by atoms with Crippen LogP contribution in [0, 0.1) is 11.8 Å². The largest absolute Gasteiger partial charge is 0.112 e. The first-order valence-corrected chi connectivity index (χ1v) is 33.0. The van der Waals surface area contributed by atoms with Crippen molar-refractivity contribution in [1.29, 1.82) is 0 Å². The summed E-state index contributed by atoms with van der Waals surface area (Å²) in [5.74, 6) is 12.8. The highest BCUT2D eigenvalue weighted by molar-refractivity contribution is 8.01. The molecule has 0 N–H and O–H groups in total. The highest BCUT2D eigenvalue weighted by Crippen LogP contribution is 3.01. The molecule has 0 saturated heterocycles. The Hall–Kier alpha value is -5.89. The predicted molar refractivity (Wildman–Crippen MR) is 311 cm³/mol. The van der Waals surface area contributed by atoms with Gasteiger partial charge in [0.15, 0.2) is 0 Å². The van der Waals surface area contributed by atoms with Gasteiger partial charge in [-0.05, 0) is 365 Å². The Kier molecular flexibility index (Phi) is 3.37. The van der Waals surface area contributed by atoms with Crippen LogP contribution in [0.25, 0.3) is 108 Å². The second-order valence-corrected chi connectivity index (χ2v) is 35.9. The van der Waals surface area contributed by atoms with E-state index in [1.165, 1.54) is 5.56 Å². The van der Waals surface area contributed by atoms with Crippen molar-refractivity contribution in [3.63, 3.8) is 0 Å². The lowest BCUT2D eigenvalue weighted by atomic mass is 9.39. The number of rotatable bonds is 0. The van der Waals surface area contributed by atoms with Crippen molar-refractivity contribution in [3.8, 4) is 11.1 Å². The molecule has 0 nitrogen and oxygen atoms in total. The first kappa shape index (κ1) is 33.8. The maximum absolute atomic E-state index is 3.06. The van der Waals surface area contributed by atoms with E-state index in [9.17, 15) is 0 Å². The van der Waals surface area contributed by atoms with Crippen molar-refractivity contribution in [2.75, 3.05) is 0 Å². The summed E-state index contributed by atoms with van der Waals surface area (Å²) in [7, 11) is 0. The average Bonchev–Trinajstić information content (AvgIpc) is 1.40. The van der Waals surface area contributed by atoms with Gasteiger partial charge in [-0.2, -0.15) is 0 Å². The molecule has 1 heteroatoms. The van der Waals surface area contributed by atoms with Gasteiger partial charge in [-0.25, -0.2) is 0 Å². The minimum absolute atomic E-state index is 0.00637. The van der Waals surface area contributed by atoms with Gasteiger partial charge in [0.05, 0.1) is 4.75 Å².